The van der Waals surface area contributed by atoms with E-state index in [-0.39, 0.29) is 19.6 Å². The number of alkyl carbamates (subject to hydrolysis) is 1. The molecule has 0 bridgehead atoms. The number of carbonyl (C=O) groups excluding carboxylic acids is 2. The lowest BCUT2D eigenvalue weighted by molar-refractivity contribution is -0.143. The summed E-state index contributed by atoms with van der Waals surface area (Å²) in [6, 6.07) is 16.7. The Bertz CT molecular complexity index is 1540. The van der Waals surface area contributed by atoms with Gasteiger partial charge in [-0.25, -0.2) is 4.79 Å². The van der Waals surface area contributed by atoms with E-state index >= 15 is 0 Å². The number of nitrogens with one attached hydrogen (secondary N) is 1. The van der Waals surface area contributed by atoms with Crippen LogP contribution in [0.25, 0.3) is 0 Å². The molecule has 47 heavy (non-hydrogen) atoms. The van der Waals surface area contributed by atoms with Crippen molar-refractivity contribution in [3.63, 3.8) is 0 Å². The fourth-order valence-corrected chi connectivity index (χ4v) is 5.98. The number of amides is 2. The minimum atomic E-state index is -1.05. The number of methoxy groups -OCH3 is 2. The number of benzene rings is 3. The van der Waals surface area contributed by atoms with Crippen molar-refractivity contribution in [1.29, 1.82) is 0 Å². The molecule has 0 aromatic heterocycles. The summed E-state index contributed by atoms with van der Waals surface area (Å²) in [6.07, 6.45) is -0.233. The maximum atomic E-state index is 14.8. The second kappa shape index (κ2) is 15.0. The van der Waals surface area contributed by atoms with Crippen LogP contribution in [0.3, 0.4) is 0 Å². The molecule has 0 spiro atoms. The van der Waals surface area contributed by atoms with Gasteiger partial charge in [0, 0.05) is 6.42 Å². The normalized spacial score (nSPS) is 17.7. The Kier molecular flexibility index (Phi) is 10.8. The minimum Gasteiger partial charge on any atom is -0.493 e. The molecule has 3 aromatic carbocycles. The van der Waals surface area contributed by atoms with E-state index < -0.39 is 35.7 Å². The van der Waals surface area contributed by atoms with Crippen LogP contribution in [0.4, 0.5) is 4.79 Å². The third-order valence-electron chi connectivity index (χ3n) is 8.08. The number of hydrogen-bond donors (Lipinski definition) is 2. The molecule has 0 saturated carbocycles. The zero-order valence-corrected chi connectivity index (χ0v) is 27.6. The van der Waals surface area contributed by atoms with Crippen LogP contribution in [-0.4, -0.2) is 80.3 Å². The largest absolute Gasteiger partial charge is 0.493 e. The first kappa shape index (κ1) is 33.9. The van der Waals surface area contributed by atoms with Crippen molar-refractivity contribution < 1.29 is 43.1 Å². The molecule has 0 saturated heterocycles. The molecule has 0 aliphatic carbocycles. The van der Waals surface area contributed by atoms with Gasteiger partial charge in [0.1, 0.15) is 24.9 Å². The number of ether oxygens (including phenoxy) is 6. The number of fused-ring (bicyclic) bond motifs is 2. The smallest absolute Gasteiger partial charge is 0.408 e. The van der Waals surface area contributed by atoms with Crippen LogP contribution >= 0.6 is 0 Å². The van der Waals surface area contributed by atoms with Crippen molar-refractivity contribution in [2.24, 2.45) is 0 Å². The quantitative estimate of drug-likeness (QED) is 0.307. The molecule has 2 heterocycles. The Morgan fingerprint density at radius 2 is 1.66 bits per heavy atom. The van der Waals surface area contributed by atoms with E-state index in [1.165, 1.54) is 7.11 Å². The Morgan fingerprint density at radius 3 is 2.32 bits per heavy atom. The van der Waals surface area contributed by atoms with Gasteiger partial charge in [0.2, 0.25) is 5.91 Å². The highest BCUT2D eigenvalue weighted by atomic mass is 16.6. The van der Waals surface area contributed by atoms with Crippen molar-refractivity contribution in [3.8, 4) is 23.0 Å². The van der Waals surface area contributed by atoms with E-state index in [1.54, 1.807) is 44.9 Å². The van der Waals surface area contributed by atoms with Gasteiger partial charge >= 0.3 is 6.09 Å². The highest BCUT2D eigenvalue weighted by molar-refractivity contribution is 5.87. The van der Waals surface area contributed by atoms with Crippen LogP contribution in [-0.2, 0) is 33.7 Å². The lowest BCUT2D eigenvalue weighted by Crippen LogP contribution is -2.57. The summed E-state index contributed by atoms with van der Waals surface area (Å²) in [5, 5.41) is 13.5. The number of nitrogens with zero attached hydrogens (tertiary/aromatic N) is 1. The average molecular weight is 649 g/mol. The maximum absolute atomic E-state index is 14.8. The van der Waals surface area contributed by atoms with E-state index in [2.05, 4.69) is 5.32 Å². The van der Waals surface area contributed by atoms with Gasteiger partial charge in [-0.3, -0.25) is 4.79 Å². The number of aliphatic hydroxyl groups excluding tert-OH is 1. The van der Waals surface area contributed by atoms with Crippen molar-refractivity contribution in [1.82, 2.24) is 10.2 Å². The highest BCUT2D eigenvalue weighted by Crippen LogP contribution is 2.42. The van der Waals surface area contributed by atoms with Crippen molar-refractivity contribution in [2.45, 2.75) is 63.9 Å². The number of hydrogen-bond acceptors (Lipinski definition) is 9. The Balaban J connectivity index is 1.52. The standard InChI is InChI=1S/C36H44N2O9/c1-36(2,3)47-35(41)37-28(15-24-11-12-30(42-4)31(16-24)43-5)34(40)38-26(20-39)17-25-18-32-33(46-14-13-45-32)19-27(25)29(38)22-44-21-23-9-7-6-8-10-23/h6-12,16,18-19,26,28-29,39H,13-15,17,20-22H2,1-5H3,(H,37,41)/t26-,28-,29-/m0/s1. The monoisotopic (exact) mass is 648 g/mol. The first-order chi connectivity index (χ1) is 22.6. The number of carbonyl (C=O) groups is 2. The summed E-state index contributed by atoms with van der Waals surface area (Å²) in [4.78, 5) is 29.6. The van der Waals surface area contributed by atoms with Gasteiger partial charge in [0.25, 0.3) is 0 Å². The van der Waals surface area contributed by atoms with Crippen LogP contribution in [0, 0.1) is 0 Å². The fourth-order valence-electron chi connectivity index (χ4n) is 5.98. The van der Waals surface area contributed by atoms with Gasteiger partial charge in [0.15, 0.2) is 23.0 Å². The van der Waals surface area contributed by atoms with E-state index in [1.807, 2.05) is 48.5 Å². The third-order valence-corrected chi connectivity index (χ3v) is 8.08. The lowest BCUT2D eigenvalue weighted by Gasteiger charge is -2.44. The predicted octanol–water partition coefficient (Wildman–Crippen LogP) is 4.61. The van der Waals surface area contributed by atoms with Crippen LogP contribution < -0.4 is 24.3 Å². The Labute approximate surface area is 275 Å². The maximum Gasteiger partial charge on any atom is 0.408 e. The molecule has 3 aromatic rings. The topological polar surface area (TPSA) is 125 Å². The fraction of sp³-hybridized carbons (Fsp3) is 0.444. The van der Waals surface area contributed by atoms with Crippen molar-refractivity contribution >= 4 is 12.0 Å². The van der Waals surface area contributed by atoms with Crippen LogP contribution in [0.5, 0.6) is 23.0 Å². The second-order valence-corrected chi connectivity index (χ2v) is 12.6. The average Bonchev–Trinajstić information content (AvgIpc) is 3.06. The third kappa shape index (κ3) is 8.28. The molecule has 2 aliphatic rings. The van der Waals surface area contributed by atoms with Crippen LogP contribution in [0.15, 0.2) is 60.7 Å². The molecule has 0 fully saturated rings. The van der Waals surface area contributed by atoms with Crippen LogP contribution in [0.2, 0.25) is 0 Å². The Morgan fingerprint density at radius 1 is 0.957 bits per heavy atom. The van der Waals surface area contributed by atoms with Gasteiger partial charge in [-0.2, -0.15) is 0 Å². The molecule has 2 amide bonds. The summed E-state index contributed by atoms with van der Waals surface area (Å²) in [7, 11) is 3.08. The zero-order valence-electron chi connectivity index (χ0n) is 27.6. The SMILES string of the molecule is COc1ccc(C[C@H](NC(=O)OC(C)(C)C)C(=O)N2[C@H](CO)Cc3cc4c(cc3[C@@H]2COCc2ccccc2)OCCO4)cc1OC. The molecule has 3 atom stereocenters. The molecule has 0 unspecified atom stereocenters. The van der Waals surface area contributed by atoms with E-state index in [0.29, 0.717) is 49.2 Å². The molecular formula is C36H44N2O9. The lowest BCUT2D eigenvalue weighted by atomic mass is 9.87. The molecule has 0 radical (unpaired) electrons. The molecule has 5 rings (SSSR count). The molecular weight excluding hydrogens is 604 g/mol. The summed E-state index contributed by atoms with van der Waals surface area (Å²) in [5.41, 5.74) is 2.70. The minimum absolute atomic E-state index is 0.124. The first-order valence-electron chi connectivity index (χ1n) is 15.8. The van der Waals surface area contributed by atoms with Gasteiger partial charge < -0.3 is 43.7 Å². The predicted molar refractivity (Wildman–Crippen MR) is 174 cm³/mol. The van der Waals surface area contributed by atoms with Gasteiger partial charge in [-0.05, 0) is 73.7 Å². The number of rotatable bonds is 11. The zero-order chi connectivity index (χ0) is 33.6. The Hall–Kier alpha value is -4.48. The summed E-state index contributed by atoms with van der Waals surface area (Å²) < 4.78 is 34.5. The molecule has 11 nitrogen and oxygen atoms in total. The van der Waals surface area contributed by atoms with E-state index in [4.69, 9.17) is 28.4 Å². The number of aliphatic hydroxyl groups is 1. The highest BCUT2D eigenvalue weighted by Gasteiger charge is 2.42. The van der Waals surface area contributed by atoms with E-state index in [9.17, 15) is 14.7 Å². The van der Waals surface area contributed by atoms with Crippen molar-refractivity contribution in [3.05, 3.63) is 82.9 Å². The second-order valence-electron chi connectivity index (χ2n) is 12.6. The molecule has 11 heteroatoms. The summed E-state index contributed by atoms with van der Waals surface area (Å²) >= 11 is 0. The first-order valence-corrected chi connectivity index (χ1v) is 15.8. The van der Waals surface area contributed by atoms with Gasteiger partial charge in [-0.15, -0.1) is 0 Å². The molecule has 2 aliphatic heterocycles. The molecule has 252 valence electrons. The summed E-state index contributed by atoms with van der Waals surface area (Å²) in [6.45, 7) is 6.29. The van der Waals surface area contributed by atoms with Crippen LogP contribution in [0.1, 0.15) is 49.1 Å². The van der Waals surface area contributed by atoms with Gasteiger partial charge in [0.05, 0.1) is 46.1 Å². The summed E-state index contributed by atoms with van der Waals surface area (Å²) in [5.74, 6) is 1.86. The van der Waals surface area contributed by atoms with E-state index in [0.717, 1.165) is 22.3 Å². The van der Waals surface area contributed by atoms with Gasteiger partial charge in [-0.1, -0.05) is 36.4 Å². The van der Waals surface area contributed by atoms with Crippen molar-refractivity contribution in [2.75, 3.05) is 40.6 Å². The molecule has 2 N–H and O–H groups in total.